The van der Waals surface area contributed by atoms with Crippen LogP contribution in [0.15, 0.2) is 88.7 Å². The summed E-state index contributed by atoms with van der Waals surface area (Å²) in [6.45, 7) is 2.02. The zero-order valence-electron chi connectivity index (χ0n) is 12.3. The highest BCUT2D eigenvalue weighted by Crippen LogP contribution is 2.27. The van der Waals surface area contributed by atoms with Crippen LogP contribution < -0.4 is 0 Å². The number of ketones is 1. The Kier molecular flexibility index (Phi) is 4.40. The van der Waals surface area contributed by atoms with E-state index in [4.69, 9.17) is 0 Å². The van der Waals surface area contributed by atoms with Crippen LogP contribution in [0.5, 0.6) is 0 Å². The van der Waals surface area contributed by atoms with E-state index < -0.39 is 0 Å². The van der Waals surface area contributed by atoms with E-state index in [2.05, 4.69) is 12.1 Å². The van der Waals surface area contributed by atoms with Gasteiger partial charge in [-0.1, -0.05) is 59.8 Å². The molecule has 0 aromatic heterocycles. The molecule has 0 atom stereocenters. The summed E-state index contributed by atoms with van der Waals surface area (Å²) in [7, 11) is 0. The molecule has 0 spiro atoms. The number of benzene rings is 3. The third-order valence-electron chi connectivity index (χ3n) is 3.41. The predicted octanol–water partition coefficient (Wildman–Crippen LogP) is 5.38. The molecule has 0 amide bonds. The van der Waals surface area contributed by atoms with Crippen LogP contribution in [-0.2, 0) is 0 Å². The fourth-order valence-electron chi connectivity index (χ4n) is 2.17. The molecular weight excluding hydrogens is 288 g/mol. The molecule has 0 fully saturated rings. The van der Waals surface area contributed by atoms with Gasteiger partial charge >= 0.3 is 0 Å². The van der Waals surface area contributed by atoms with Crippen LogP contribution in [0.4, 0.5) is 0 Å². The molecule has 0 saturated carbocycles. The Labute approximate surface area is 135 Å². The third kappa shape index (κ3) is 3.46. The van der Waals surface area contributed by atoms with Crippen LogP contribution >= 0.6 is 11.8 Å². The Hall–Kier alpha value is -2.32. The second-order valence-corrected chi connectivity index (χ2v) is 6.28. The van der Waals surface area contributed by atoms with Crippen LogP contribution in [0.3, 0.4) is 0 Å². The fourth-order valence-corrected chi connectivity index (χ4v) is 3.01. The van der Waals surface area contributed by atoms with Gasteiger partial charge in [0.05, 0.1) is 0 Å². The summed E-state index contributed by atoms with van der Waals surface area (Å²) in [4.78, 5) is 14.7. The van der Waals surface area contributed by atoms with Gasteiger partial charge in [-0.15, -0.1) is 0 Å². The minimum atomic E-state index is 0.0660. The Morgan fingerprint density at radius 2 is 1.18 bits per heavy atom. The minimum absolute atomic E-state index is 0.0660. The Balaban J connectivity index is 1.76. The van der Waals surface area contributed by atoms with E-state index in [1.807, 2.05) is 73.7 Å². The van der Waals surface area contributed by atoms with Crippen molar-refractivity contribution >= 4 is 17.5 Å². The van der Waals surface area contributed by atoms with Gasteiger partial charge in [0.15, 0.2) is 5.78 Å². The molecule has 3 rings (SSSR count). The Morgan fingerprint density at radius 1 is 0.682 bits per heavy atom. The molecule has 0 aliphatic rings. The number of hydrogen-bond donors (Lipinski definition) is 0. The van der Waals surface area contributed by atoms with Gasteiger partial charge in [-0.2, -0.15) is 0 Å². The van der Waals surface area contributed by atoms with Crippen molar-refractivity contribution in [2.24, 2.45) is 0 Å². The standard InChI is InChI=1S/C20H16OS/c1-15-7-9-16(10-8-15)20(21)17-11-13-19(14-12-17)22-18-5-3-2-4-6-18/h2-14H,1H3. The highest BCUT2D eigenvalue weighted by molar-refractivity contribution is 7.99. The molecule has 22 heavy (non-hydrogen) atoms. The summed E-state index contributed by atoms with van der Waals surface area (Å²) in [6.07, 6.45) is 0. The van der Waals surface area contributed by atoms with Crippen LogP contribution in [0.25, 0.3) is 0 Å². The monoisotopic (exact) mass is 304 g/mol. The molecule has 0 bridgehead atoms. The van der Waals surface area contributed by atoms with Crippen LogP contribution in [-0.4, -0.2) is 5.78 Å². The normalized spacial score (nSPS) is 10.4. The number of carbonyl (C=O) groups is 1. The largest absolute Gasteiger partial charge is 0.289 e. The first-order valence-electron chi connectivity index (χ1n) is 7.17. The molecule has 0 aliphatic heterocycles. The summed E-state index contributed by atoms with van der Waals surface area (Å²) in [6, 6.07) is 25.7. The summed E-state index contributed by atoms with van der Waals surface area (Å²) in [5.74, 6) is 0.0660. The van der Waals surface area contributed by atoms with Crippen molar-refractivity contribution in [1.29, 1.82) is 0 Å². The van der Waals surface area contributed by atoms with Crippen molar-refractivity contribution in [2.45, 2.75) is 16.7 Å². The lowest BCUT2D eigenvalue weighted by Gasteiger charge is -2.04. The summed E-state index contributed by atoms with van der Waals surface area (Å²) >= 11 is 1.69. The van der Waals surface area contributed by atoms with E-state index in [9.17, 15) is 4.79 Å². The summed E-state index contributed by atoms with van der Waals surface area (Å²) in [5.41, 5.74) is 2.61. The molecule has 0 saturated heterocycles. The maximum Gasteiger partial charge on any atom is 0.193 e. The van der Waals surface area contributed by atoms with Crippen LogP contribution in [0.1, 0.15) is 21.5 Å². The second-order valence-electron chi connectivity index (χ2n) is 5.13. The smallest absolute Gasteiger partial charge is 0.193 e. The Bertz CT molecular complexity index is 759. The van der Waals surface area contributed by atoms with Gasteiger partial charge in [0.1, 0.15) is 0 Å². The molecule has 2 heteroatoms. The zero-order chi connectivity index (χ0) is 15.4. The number of aryl methyl sites for hydroxylation is 1. The van der Waals surface area contributed by atoms with E-state index in [0.29, 0.717) is 0 Å². The molecule has 0 aliphatic carbocycles. The van der Waals surface area contributed by atoms with Gasteiger partial charge in [-0.3, -0.25) is 4.79 Å². The predicted molar refractivity (Wildman–Crippen MR) is 91.6 cm³/mol. The lowest BCUT2D eigenvalue weighted by atomic mass is 10.0. The molecule has 108 valence electrons. The van der Waals surface area contributed by atoms with Gasteiger partial charge in [0.25, 0.3) is 0 Å². The number of carbonyl (C=O) groups excluding carboxylic acids is 1. The zero-order valence-corrected chi connectivity index (χ0v) is 13.1. The fraction of sp³-hybridized carbons (Fsp3) is 0.0500. The molecular formula is C20H16OS. The Morgan fingerprint density at radius 3 is 1.77 bits per heavy atom. The maximum absolute atomic E-state index is 12.4. The summed E-state index contributed by atoms with van der Waals surface area (Å²) < 4.78 is 0. The van der Waals surface area contributed by atoms with Crippen LogP contribution in [0, 0.1) is 6.92 Å². The lowest BCUT2D eigenvalue weighted by molar-refractivity contribution is 0.103. The first-order chi connectivity index (χ1) is 10.7. The molecule has 0 unspecified atom stereocenters. The number of rotatable bonds is 4. The maximum atomic E-state index is 12.4. The van der Waals surface area contributed by atoms with Gasteiger partial charge < -0.3 is 0 Å². The average molecular weight is 304 g/mol. The molecule has 0 radical (unpaired) electrons. The van der Waals surface area contributed by atoms with E-state index in [-0.39, 0.29) is 5.78 Å². The summed E-state index contributed by atoms with van der Waals surface area (Å²) in [5, 5.41) is 0. The van der Waals surface area contributed by atoms with E-state index in [1.54, 1.807) is 11.8 Å². The molecule has 3 aromatic carbocycles. The third-order valence-corrected chi connectivity index (χ3v) is 4.42. The van der Waals surface area contributed by atoms with Crippen LogP contribution in [0.2, 0.25) is 0 Å². The minimum Gasteiger partial charge on any atom is -0.289 e. The van der Waals surface area contributed by atoms with Crippen molar-refractivity contribution in [3.8, 4) is 0 Å². The average Bonchev–Trinajstić information content (AvgIpc) is 2.57. The van der Waals surface area contributed by atoms with Gasteiger partial charge in [0, 0.05) is 20.9 Å². The first kappa shape index (κ1) is 14.6. The van der Waals surface area contributed by atoms with Gasteiger partial charge in [-0.05, 0) is 43.3 Å². The SMILES string of the molecule is Cc1ccc(C(=O)c2ccc(Sc3ccccc3)cc2)cc1. The first-order valence-corrected chi connectivity index (χ1v) is 7.98. The molecule has 3 aromatic rings. The highest BCUT2D eigenvalue weighted by atomic mass is 32.2. The quantitative estimate of drug-likeness (QED) is 0.602. The number of hydrogen-bond acceptors (Lipinski definition) is 2. The lowest BCUT2D eigenvalue weighted by Crippen LogP contribution is -2.00. The molecule has 1 nitrogen and oxygen atoms in total. The topological polar surface area (TPSA) is 17.1 Å². The molecule has 0 N–H and O–H groups in total. The van der Waals surface area contributed by atoms with E-state index >= 15 is 0 Å². The highest BCUT2D eigenvalue weighted by Gasteiger charge is 2.08. The van der Waals surface area contributed by atoms with E-state index in [1.165, 1.54) is 4.90 Å². The van der Waals surface area contributed by atoms with Crippen molar-refractivity contribution < 1.29 is 4.79 Å². The second kappa shape index (κ2) is 6.63. The van der Waals surface area contributed by atoms with Gasteiger partial charge in [-0.25, -0.2) is 0 Å². The van der Waals surface area contributed by atoms with Crippen molar-refractivity contribution in [3.63, 3.8) is 0 Å². The van der Waals surface area contributed by atoms with Gasteiger partial charge in [0.2, 0.25) is 0 Å². The molecule has 0 heterocycles. The van der Waals surface area contributed by atoms with Crippen molar-refractivity contribution in [3.05, 3.63) is 95.6 Å². The van der Waals surface area contributed by atoms with Crippen molar-refractivity contribution in [2.75, 3.05) is 0 Å². The van der Waals surface area contributed by atoms with Crippen molar-refractivity contribution in [1.82, 2.24) is 0 Å². The van der Waals surface area contributed by atoms with E-state index in [0.717, 1.165) is 21.6 Å².